The van der Waals surface area contributed by atoms with Crippen LogP contribution in [0.1, 0.15) is 6.92 Å². The van der Waals surface area contributed by atoms with Crippen molar-refractivity contribution in [3.05, 3.63) is 22.6 Å². The van der Waals surface area contributed by atoms with Gasteiger partial charge in [0.25, 0.3) is 0 Å². The molecular weight excluding hydrogens is 174 g/mol. The number of aromatic nitrogens is 2. The second kappa shape index (κ2) is 3.34. The van der Waals surface area contributed by atoms with Crippen LogP contribution in [0.5, 0.6) is 0 Å². The van der Waals surface area contributed by atoms with Crippen LogP contribution in [0.3, 0.4) is 0 Å². The number of nitrogens with zero attached hydrogens (tertiary/aromatic N) is 3. The first-order valence-corrected chi connectivity index (χ1v) is 3.70. The molecule has 0 N–H and O–H groups in total. The molecule has 0 amide bonds. The molecule has 6 nitrogen and oxygen atoms in total. The van der Waals surface area contributed by atoms with E-state index in [1.807, 2.05) is 0 Å². The molecule has 6 heteroatoms. The number of Topliss-reactive ketones (excluding diaryl/α,β-unsaturated/α-hetero) is 1. The number of carbonyl (C=O) groups excluding carboxylic acids is 1. The molecule has 0 aliphatic heterocycles. The smallest absolute Gasteiger partial charge is 0.358 e. The molecule has 1 heterocycles. The highest BCUT2D eigenvalue weighted by atomic mass is 16.6. The van der Waals surface area contributed by atoms with E-state index in [0.717, 1.165) is 0 Å². The molecule has 0 saturated heterocycles. The van der Waals surface area contributed by atoms with Crippen LogP contribution in [0.25, 0.3) is 0 Å². The second-order valence-corrected chi connectivity index (χ2v) is 2.86. The normalized spacial score (nSPS) is 10.0. The molecule has 1 aromatic rings. The molecule has 0 aliphatic carbocycles. The van der Waals surface area contributed by atoms with Gasteiger partial charge in [0, 0.05) is 0 Å². The lowest BCUT2D eigenvalue weighted by atomic mass is 10.4. The first kappa shape index (κ1) is 9.37. The van der Waals surface area contributed by atoms with Crippen molar-refractivity contribution in [2.75, 3.05) is 0 Å². The molecule has 0 unspecified atom stereocenters. The number of imidazole rings is 1. The number of carbonyl (C=O) groups is 1. The van der Waals surface area contributed by atoms with E-state index in [1.54, 1.807) is 11.6 Å². The largest absolute Gasteiger partial charge is 0.365 e. The summed E-state index contributed by atoms with van der Waals surface area (Å²) < 4.78 is 2.85. The Morgan fingerprint density at radius 2 is 2.38 bits per heavy atom. The molecule has 0 radical (unpaired) electrons. The summed E-state index contributed by atoms with van der Waals surface area (Å²) in [5.41, 5.74) is 0. The molecule has 0 fully saturated rings. The summed E-state index contributed by atoms with van der Waals surface area (Å²) in [6, 6.07) is 0. The van der Waals surface area contributed by atoms with Gasteiger partial charge in [-0.3, -0.25) is 4.79 Å². The maximum atomic E-state index is 10.7. The molecule has 13 heavy (non-hydrogen) atoms. The Hall–Kier alpha value is -1.72. The summed E-state index contributed by atoms with van der Waals surface area (Å²) in [6.45, 7) is 1.43. The maximum Gasteiger partial charge on any atom is 0.365 e. The van der Waals surface area contributed by atoms with E-state index in [-0.39, 0.29) is 18.1 Å². The van der Waals surface area contributed by atoms with Crippen LogP contribution in [0.2, 0.25) is 0 Å². The van der Waals surface area contributed by atoms with Crippen LogP contribution in [0.15, 0.2) is 12.5 Å². The molecule has 0 saturated carbocycles. The Kier molecular flexibility index (Phi) is 2.41. The lowest BCUT2D eigenvalue weighted by Crippen LogP contribution is -2.24. The summed E-state index contributed by atoms with van der Waals surface area (Å²) in [5.74, 6) is -0.183. The Bertz CT molecular complexity index is 356. The highest BCUT2D eigenvalue weighted by Crippen LogP contribution is 2.07. The number of ketones is 1. The predicted molar refractivity (Wildman–Crippen MR) is 42.9 cm³/mol. The fraction of sp³-hybridized carbons (Fsp3) is 0.429. The average molecular weight is 184 g/mol. The van der Waals surface area contributed by atoms with Gasteiger partial charge in [0.05, 0.1) is 7.05 Å². The third-order valence-electron chi connectivity index (χ3n) is 1.51. The number of hydrogen-bond acceptors (Lipinski definition) is 3. The Morgan fingerprint density at radius 3 is 2.85 bits per heavy atom. The van der Waals surface area contributed by atoms with Crippen molar-refractivity contribution < 1.29 is 14.3 Å². The van der Waals surface area contributed by atoms with E-state index in [1.165, 1.54) is 24.0 Å². The topological polar surface area (TPSA) is 69.0 Å². The van der Waals surface area contributed by atoms with Crippen LogP contribution < -0.4 is 4.57 Å². The minimum atomic E-state index is -0.511. The van der Waals surface area contributed by atoms with E-state index < -0.39 is 4.92 Å². The van der Waals surface area contributed by atoms with E-state index in [2.05, 4.69) is 0 Å². The van der Waals surface area contributed by atoms with Crippen molar-refractivity contribution in [2.24, 2.45) is 7.05 Å². The SMILES string of the molecule is CC(=O)Cn1c[n+](C)cc1[N+](=O)[O-]. The molecule has 0 atom stereocenters. The first-order valence-electron chi connectivity index (χ1n) is 3.70. The van der Waals surface area contributed by atoms with E-state index in [4.69, 9.17) is 0 Å². The van der Waals surface area contributed by atoms with Crippen LogP contribution in [0, 0.1) is 10.1 Å². The molecule has 70 valence electrons. The number of aryl methyl sites for hydroxylation is 1. The highest BCUT2D eigenvalue weighted by Gasteiger charge is 2.17. The molecule has 0 bridgehead atoms. The average Bonchev–Trinajstić information content (AvgIpc) is 2.29. The Balaban J connectivity index is 3.04. The quantitative estimate of drug-likeness (QED) is 0.371. The molecule has 1 rings (SSSR count). The van der Waals surface area contributed by atoms with Gasteiger partial charge >= 0.3 is 5.82 Å². The van der Waals surface area contributed by atoms with Crippen LogP contribution >= 0.6 is 0 Å². The lowest BCUT2D eigenvalue weighted by molar-refractivity contribution is -0.672. The van der Waals surface area contributed by atoms with Crippen molar-refractivity contribution in [1.29, 1.82) is 0 Å². The molecule has 0 aliphatic rings. The number of hydrogen-bond donors (Lipinski definition) is 0. The van der Waals surface area contributed by atoms with Crippen LogP contribution in [0.4, 0.5) is 5.82 Å². The van der Waals surface area contributed by atoms with Gasteiger partial charge < -0.3 is 10.1 Å². The van der Waals surface area contributed by atoms with Crippen molar-refractivity contribution >= 4 is 11.6 Å². The van der Waals surface area contributed by atoms with Gasteiger partial charge in [-0.25, -0.2) is 4.57 Å². The maximum absolute atomic E-state index is 10.7. The van der Waals surface area contributed by atoms with Gasteiger partial charge in [-0.2, -0.15) is 4.57 Å². The van der Waals surface area contributed by atoms with Crippen molar-refractivity contribution in [1.82, 2.24) is 4.57 Å². The van der Waals surface area contributed by atoms with Crippen molar-refractivity contribution in [2.45, 2.75) is 13.5 Å². The fourth-order valence-electron chi connectivity index (χ4n) is 1.08. The van der Waals surface area contributed by atoms with Crippen LogP contribution in [-0.2, 0) is 18.4 Å². The van der Waals surface area contributed by atoms with Gasteiger partial charge in [-0.1, -0.05) is 0 Å². The minimum Gasteiger partial charge on any atom is -0.358 e. The third kappa shape index (κ3) is 2.11. The minimum absolute atomic E-state index is 0.0388. The van der Waals surface area contributed by atoms with Gasteiger partial charge in [-0.15, -0.1) is 0 Å². The molecule has 1 aromatic heterocycles. The zero-order valence-corrected chi connectivity index (χ0v) is 7.43. The standard InChI is InChI=1S/C7H10N3O3/c1-6(11)3-9-5-8(2)4-7(9)10(12)13/h4-5H,3H2,1-2H3/q+1. The van der Waals surface area contributed by atoms with E-state index >= 15 is 0 Å². The van der Waals surface area contributed by atoms with Gasteiger partial charge in [0.15, 0.2) is 18.5 Å². The van der Waals surface area contributed by atoms with E-state index in [9.17, 15) is 14.9 Å². The summed E-state index contributed by atoms with van der Waals surface area (Å²) >= 11 is 0. The molecular formula is C7H10N3O3+. The van der Waals surface area contributed by atoms with Crippen molar-refractivity contribution in [3.63, 3.8) is 0 Å². The lowest BCUT2D eigenvalue weighted by Gasteiger charge is -1.94. The molecule has 0 aromatic carbocycles. The van der Waals surface area contributed by atoms with Gasteiger partial charge in [-0.05, 0) is 11.8 Å². The van der Waals surface area contributed by atoms with Crippen molar-refractivity contribution in [3.8, 4) is 0 Å². The van der Waals surface area contributed by atoms with Gasteiger partial charge in [0.2, 0.25) is 6.33 Å². The summed E-state index contributed by atoms with van der Waals surface area (Å²) in [6.07, 6.45) is 2.88. The van der Waals surface area contributed by atoms with Crippen LogP contribution in [-0.4, -0.2) is 15.3 Å². The predicted octanol–water partition coefficient (Wildman–Crippen LogP) is -0.190. The molecule has 0 spiro atoms. The van der Waals surface area contributed by atoms with Gasteiger partial charge in [0.1, 0.15) is 0 Å². The number of nitro groups is 1. The highest BCUT2D eigenvalue weighted by molar-refractivity contribution is 5.75. The summed E-state index contributed by atoms with van der Waals surface area (Å²) in [4.78, 5) is 20.7. The zero-order chi connectivity index (χ0) is 10.0. The first-order chi connectivity index (χ1) is 6.00. The summed E-state index contributed by atoms with van der Waals surface area (Å²) in [7, 11) is 1.67. The number of rotatable bonds is 3. The summed E-state index contributed by atoms with van der Waals surface area (Å²) in [5, 5.41) is 10.5. The Labute approximate surface area is 74.6 Å². The zero-order valence-electron chi connectivity index (χ0n) is 7.43. The van der Waals surface area contributed by atoms with E-state index in [0.29, 0.717) is 0 Å². The Morgan fingerprint density at radius 1 is 1.77 bits per heavy atom. The fourth-order valence-corrected chi connectivity index (χ4v) is 1.08. The second-order valence-electron chi connectivity index (χ2n) is 2.86. The monoisotopic (exact) mass is 184 g/mol. The third-order valence-corrected chi connectivity index (χ3v) is 1.51.